The Morgan fingerprint density at radius 3 is 2.95 bits per heavy atom. The Morgan fingerprint density at radius 1 is 1.38 bits per heavy atom. The summed E-state index contributed by atoms with van der Waals surface area (Å²) in [5.41, 5.74) is 11.9. The first-order chi connectivity index (χ1) is 10.1. The van der Waals surface area contributed by atoms with Crippen LogP contribution in [0.5, 0.6) is 0 Å². The van der Waals surface area contributed by atoms with Gasteiger partial charge >= 0.3 is 0 Å². The second-order valence-corrected chi connectivity index (χ2v) is 6.14. The molecule has 0 aromatic carbocycles. The van der Waals surface area contributed by atoms with E-state index >= 15 is 0 Å². The zero-order chi connectivity index (χ0) is 15.0. The van der Waals surface area contributed by atoms with Crippen molar-refractivity contribution in [2.24, 2.45) is 5.73 Å². The number of piperazine rings is 1. The zero-order valence-corrected chi connectivity index (χ0v) is 12.5. The van der Waals surface area contributed by atoms with Gasteiger partial charge in [0.25, 0.3) is 5.91 Å². The molecule has 1 aromatic rings. The molecule has 2 aliphatic rings. The lowest BCUT2D eigenvalue weighted by Crippen LogP contribution is -2.59. The minimum atomic E-state index is -0.500. The van der Waals surface area contributed by atoms with E-state index in [9.17, 15) is 4.79 Å². The number of hydrogen-bond acceptors (Lipinski definition) is 5. The monoisotopic (exact) mass is 289 g/mol. The Morgan fingerprint density at radius 2 is 2.19 bits per heavy atom. The lowest BCUT2D eigenvalue weighted by Gasteiger charge is -2.48. The quantitative estimate of drug-likeness (QED) is 0.841. The lowest BCUT2D eigenvalue weighted by molar-refractivity contribution is 0.100. The molecule has 2 fully saturated rings. The first-order valence-electron chi connectivity index (χ1n) is 7.62. The van der Waals surface area contributed by atoms with Gasteiger partial charge in [0.15, 0.2) is 0 Å². The highest BCUT2D eigenvalue weighted by Gasteiger charge is 2.33. The van der Waals surface area contributed by atoms with Gasteiger partial charge in [0.2, 0.25) is 0 Å². The fourth-order valence-electron chi connectivity index (χ4n) is 3.50. The molecule has 21 heavy (non-hydrogen) atoms. The van der Waals surface area contributed by atoms with Crippen LogP contribution in [-0.4, -0.2) is 47.5 Å². The molecule has 0 saturated carbocycles. The molecule has 3 rings (SSSR count). The number of nitrogen functional groups attached to an aromatic ring is 1. The molecule has 6 nitrogen and oxygen atoms in total. The molecule has 0 spiro atoms. The van der Waals surface area contributed by atoms with Crippen molar-refractivity contribution < 1.29 is 4.79 Å². The van der Waals surface area contributed by atoms with E-state index < -0.39 is 5.91 Å². The summed E-state index contributed by atoms with van der Waals surface area (Å²) in [6, 6.07) is 2.69. The molecule has 6 heteroatoms. The third kappa shape index (κ3) is 2.68. The van der Waals surface area contributed by atoms with E-state index in [-0.39, 0.29) is 0 Å². The smallest absolute Gasteiger partial charge is 0.250 e. The highest BCUT2D eigenvalue weighted by Crippen LogP contribution is 2.28. The number of piperidine rings is 1. The van der Waals surface area contributed by atoms with E-state index in [4.69, 9.17) is 11.5 Å². The molecule has 0 bridgehead atoms. The van der Waals surface area contributed by atoms with Gasteiger partial charge < -0.3 is 16.4 Å². The van der Waals surface area contributed by atoms with Gasteiger partial charge in [-0.15, -0.1) is 0 Å². The lowest BCUT2D eigenvalue weighted by atomic mass is 9.97. The van der Waals surface area contributed by atoms with Gasteiger partial charge in [-0.3, -0.25) is 9.69 Å². The summed E-state index contributed by atoms with van der Waals surface area (Å²) in [7, 11) is 0. The summed E-state index contributed by atoms with van der Waals surface area (Å²) in [6.45, 7) is 5.40. The highest BCUT2D eigenvalue weighted by molar-refractivity contribution is 5.98. The van der Waals surface area contributed by atoms with Crippen LogP contribution >= 0.6 is 0 Å². The first-order valence-corrected chi connectivity index (χ1v) is 7.62. The number of fused-ring (bicyclic) bond motifs is 1. The predicted octanol–water partition coefficient (Wildman–Crippen LogP) is 0.826. The normalized spacial score (nSPS) is 26.4. The number of aromatic nitrogens is 1. The average molecular weight is 289 g/mol. The van der Waals surface area contributed by atoms with Crippen molar-refractivity contribution in [3.05, 3.63) is 17.8 Å². The Hall–Kier alpha value is -1.82. The molecule has 1 amide bonds. The van der Waals surface area contributed by atoms with E-state index in [1.54, 1.807) is 6.07 Å². The highest BCUT2D eigenvalue weighted by atomic mass is 16.1. The second-order valence-electron chi connectivity index (χ2n) is 6.14. The van der Waals surface area contributed by atoms with Gasteiger partial charge in [-0.05, 0) is 32.4 Å². The van der Waals surface area contributed by atoms with Crippen LogP contribution in [0.1, 0.15) is 36.5 Å². The molecule has 2 atom stereocenters. The van der Waals surface area contributed by atoms with Gasteiger partial charge in [0.1, 0.15) is 5.82 Å². The summed E-state index contributed by atoms with van der Waals surface area (Å²) in [5.74, 6) is 0.302. The van der Waals surface area contributed by atoms with Crippen molar-refractivity contribution in [3.8, 4) is 0 Å². The molecule has 114 valence electrons. The fourth-order valence-corrected chi connectivity index (χ4v) is 3.50. The molecule has 3 heterocycles. The van der Waals surface area contributed by atoms with Crippen molar-refractivity contribution in [2.75, 3.05) is 30.3 Å². The maximum absolute atomic E-state index is 11.5. The number of nitrogens with two attached hydrogens (primary N) is 2. The molecule has 0 radical (unpaired) electrons. The number of hydrogen-bond donors (Lipinski definition) is 2. The molecule has 4 N–H and O–H groups in total. The van der Waals surface area contributed by atoms with E-state index in [1.807, 2.05) is 0 Å². The number of anilines is 2. The topological polar surface area (TPSA) is 88.5 Å². The Labute approximate surface area is 125 Å². The van der Waals surface area contributed by atoms with Crippen LogP contribution in [-0.2, 0) is 0 Å². The number of nitrogens with zero attached hydrogens (tertiary/aromatic N) is 3. The molecule has 1 aromatic heterocycles. The predicted molar refractivity (Wildman–Crippen MR) is 83.2 cm³/mol. The van der Waals surface area contributed by atoms with Crippen molar-refractivity contribution in [1.82, 2.24) is 9.88 Å². The van der Waals surface area contributed by atoms with Gasteiger partial charge in [-0.1, -0.05) is 6.42 Å². The maximum atomic E-state index is 11.5. The zero-order valence-electron chi connectivity index (χ0n) is 12.5. The van der Waals surface area contributed by atoms with Crippen molar-refractivity contribution in [3.63, 3.8) is 0 Å². The molecule has 2 saturated heterocycles. The number of amides is 1. The van der Waals surface area contributed by atoms with E-state index in [2.05, 4.69) is 21.7 Å². The Bertz CT molecular complexity index is 547. The standard InChI is InChI=1S/C15H23N5O/c1-10-8-19-5-3-2-4-11(19)9-20(10)14-6-12(15(17)21)13(16)7-18-14/h6-7,10-11H,2-5,8-9,16H2,1H3,(H2,17,21). The number of carbonyl (C=O) groups is 1. The first kappa shape index (κ1) is 14.1. The molecule has 0 aliphatic carbocycles. The summed E-state index contributed by atoms with van der Waals surface area (Å²) in [5, 5.41) is 0. The molecule has 2 aliphatic heterocycles. The SMILES string of the molecule is CC1CN2CCCCC2CN1c1cc(C(N)=O)c(N)cn1. The van der Waals surface area contributed by atoms with E-state index in [0.717, 1.165) is 18.9 Å². The van der Waals surface area contributed by atoms with Crippen LogP contribution in [0.15, 0.2) is 12.3 Å². The molecular formula is C15H23N5O. The van der Waals surface area contributed by atoms with Crippen LogP contribution < -0.4 is 16.4 Å². The summed E-state index contributed by atoms with van der Waals surface area (Å²) >= 11 is 0. The van der Waals surface area contributed by atoms with Crippen LogP contribution in [0.4, 0.5) is 11.5 Å². The fraction of sp³-hybridized carbons (Fsp3) is 0.600. The van der Waals surface area contributed by atoms with E-state index in [1.165, 1.54) is 32.0 Å². The van der Waals surface area contributed by atoms with Crippen LogP contribution in [0.25, 0.3) is 0 Å². The van der Waals surface area contributed by atoms with Gasteiger partial charge in [-0.25, -0.2) is 4.98 Å². The van der Waals surface area contributed by atoms with Gasteiger partial charge in [-0.2, -0.15) is 0 Å². The number of pyridine rings is 1. The van der Waals surface area contributed by atoms with Crippen LogP contribution in [0.3, 0.4) is 0 Å². The Balaban J connectivity index is 1.85. The number of rotatable bonds is 2. The van der Waals surface area contributed by atoms with Gasteiger partial charge in [0, 0.05) is 25.2 Å². The van der Waals surface area contributed by atoms with Gasteiger partial charge in [0.05, 0.1) is 17.4 Å². The summed E-state index contributed by atoms with van der Waals surface area (Å²) < 4.78 is 0. The average Bonchev–Trinajstić information content (AvgIpc) is 2.47. The molecular weight excluding hydrogens is 266 g/mol. The largest absolute Gasteiger partial charge is 0.397 e. The van der Waals surface area contributed by atoms with Crippen molar-refractivity contribution in [1.29, 1.82) is 0 Å². The van der Waals surface area contributed by atoms with Crippen molar-refractivity contribution in [2.45, 2.75) is 38.3 Å². The third-order valence-electron chi connectivity index (χ3n) is 4.67. The van der Waals surface area contributed by atoms with Crippen molar-refractivity contribution >= 4 is 17.4 Å². The summed E-state index contributed by atoms with van der Waals surface area (Å²) in [4.78, 5) is 20.7. The van der Waals surface area contributed by atoms with Crippen LogP contribution in [0.2, 0.25) is 0 Å². The maximum Gasteiger partial charge on any atom is 0.250 e. The Kier molecular flexibility index (Phi) is 3.71. The van der Waals surface area contributed by atoms with Crippen LogP contribution in [0, 0.1) is 0 Å². The second kappa shape index (κ2) is 5.52. The molecule has 2 unspecified atom stereocenters. The van der Waals surface area contributed by atoms with E-state index in [0.29, 0.717) is 23.3 Å². The minimum Gasteiger partial charge on any atom is -0.397 e. The number of carbonyl (C=O) groups excluding carboxylic acids is 1. The number of primary amides is 1. The minimum absolute atomic E-state index is 0.343. The third-order valence-corrected chi connectivity index (χ3v) is 4.67. The summed E-state index contributed by atoms with van der Waals surface area (Å²) in [6.07, 6.45) is 5.37.